The Bertz CT molecular complexity index is 690. The summed E-state index contributed by atoms with van der Waals surface area (Å²) in [6.07, 6.45) is 0.276. The van der Waals surface area contributed by atoms with E-state index in [0.717, 1.165) is 12.4 Å². The largest absolute Gasteiger partial charge is 0.489 e. The molecular weight excluding hydrogens is 236 g/mol. The summed E-state index contributed by atoms with van der Waals surface area (Å²) < 4.78 is 11.3. The van der Waals surface area contributed by atoms with E-state index in [1.54, 1.807) is 0 Å². The molecule has 3 aromatic rings. The molecule has 1 fully saturated rings. The van der Waals surface area contributed by atoms with Gasteiger partial charge in [0, 0.05) is 10.8 Å². The minimum absolute atomic E-state index is 0.276. The van der Waals surface area contributed by atoms with Gasteiger partial charge in [-0.15, -0.1) is 0 Å². The molecule has 1 atom stereocenters. The first kappa shape index (κ1) is 10.8. The summed E-state index contributed by atoms with van der Waals surface area (Å²) in [4.78, 5) is 0. The molecule has 3 aromatic carbocycles. The van der Waals surface area contributed by atoms with E-state index in [1.165, 1.54) is 21.5 Å². The highest BCUT2D eigenvalue weighted by atomic mass is 16.6. The van der Waals surface area contributed by atoms with Crippen LogP contribution in [-0.2, 0) is 4.74 Å². The van der Waals surface area contributed by atoms with Gasteiger partial charge in [-0.1, -0.05) is 48.5 Å². The van der Waals surface area contributed by atoms with Crippen molar-refractivity contribution in [2.24, 2.45) is 0 Å². The second-order valence-electron chi connectivity index (χ2n) is 4.91. The summed E-state index contributed by atoms with van der Waals surface area (Å²) in [5, 5.41) is 4.77. The van der Waals surface area contributed by atoms with Crippen LogP contribution in [0.5, 0.6) is 5.75 Å². The fourth-order valence-electron chi connectivity index (χ4n) is 2.47. The van der Waals surface area contributed by atoms with Gasteiger partial charge in [0.1, 0.15) is 18.5 Å². The maximum absolute atomic E-state index is 6.03. The lowest BCUT2D eigenvalue weighted by molar-refractivity contribution is 0.267. The fraction of sp³-hybridized carbons (Fsp3) is 0.176. The number of hydrogen-bond donors (Lipinski definition) is 0. The maximum atomic E-state index is 6.03. The Kier molecular flexibility index (Phi) is 2.42. The minimum atomic E-state index is 0.276. The number of ether oxygens (including phenoxy) is 2. The Morgan fingerprint density at radius 1 is 0.947 bits per heavy atom. The molecular formula is C17H14O2. The number of benzene rings is 3. The highest BCUT2D eigenvalue weighted by Gasteiger charge is 2.23. The van der Waals surface area contributed by atoms with Gasteiger partial charge in [-0.05, 0) is 16.8 Å². The molecule has 1 heterocycles. The average Bonchev–Trinajstić information content (AvgIpc) is 3.27. The van der Waals surface area contributed by atoms with Crippen LogP contribution in [0.1, 0.15) is 0 Å². The molecule has 1 aliphatic heterocycles. The van der Waals surface area contributed by atoms with Crippen molar-refractivity contribution in [1.29, 1.82) is 0 Å². The van der Waals surface area contributed by atoms with Crippen LogP contribution < -0.4 is 4.74 Å². The van der Waals surface area contributed by atoms with Crippen molar-refractivity contribution in [3.05, 3.63) is 54.6 Å². The lowest BCUT2D eigenvalue weighted by Gasteiger charge is -2.12. The third-order valence-corrected chi connectivity index (χ3v) is 3.54. The Hall–Kier alpha value is -2.06. The lowest BCUT2D eigenvalue weighted by atomic mass is 10.0. The quantitative estimate of drug-likeness (QED) is 0.521. The van der Waals surface area contributed by atoms with Crippen molar-refractivity contribution in [2.45, 2.75) is 6.10 Å². The molecule has 2 nitrogen and oxygen atoms in total. The number of rotatable bonds is 3. The normalized spacial score (nSPS) is 17.8. The second kappa shape index (κ2) is 4.25. The van der Waals surface area contributed by atoms with Crippen molar-refractivity contribution < 1.29 is 9.47 Å². The average molecular weight is 250 g/mol. The van der Waals surface area contributed by atoms with E-state index in [1.807, 2.05) is 0 Å². The van der Waals surface area contributed by atoms with Crippen LogP contribution >= 0.6 is 0 Å². The summed E-state index contributed by atoms with van der Waals surface area (Å²) in [5.74, 6) is 0.976. The Balaban J connectivity index is 1.95. The summed E-state index contributed by atoms with van der Waals surface area (Å²) in [6, 6.07) is 18.9. The van der Waals surface area contributed by atoms with E-state index in [-0.39, 0.29) is 6.10 Å². The van der Waals surface area contributed by atoms with Gasteiger partial charge in [0.25, 0.3) is 0 Å². The molecule has 2 heteroatoms. The Labute approximate surface area is 111 Å². The first-order chi connectivity index (χ1) is 9.42. The van der Waals surface area contributed by atoms with Gasteiger partial charge < -0.3 is 9.47 Å². The molecule has 0 bridgehead atoms. The predicted molar refractivity (Wildman–Crippen MR) is 76.7 cm³/mol. The van der Waals surface area contributed by atoms with Gasteiger partial charge in [0.2, 0.25) is 0 Å². The van der Waals surface area contributed by atoms with Gasteiger partial charge in [-0.25, -0.2) is 0 Å². The zero-order valence-electron chi connectivity index (χ0n) is 10.5. The zero-order chi connectivity index (χ0) is 12.7. The summed E-state index contributed by atoms with van der Waals surface area (Å²) >= 11 is 0. The van der Waals surface area contributed by atoms with E-state index in [4.69, 9.17) is 9.47 Å². The first-order valence-corrected chi connectivity index (χ1v) is 6.57. The summed E-state index contributed by atoms with van der Waals surface area (Å²) in [7, 11) is 0. The first-order valence-electron chi connectivity index (χ1n) is 6.57. The summed E-state index contributed by atoms with van der Waals surface area (Å²) in [6.45, 7) is 1.46. The van der Waals surface area contributed by atoms with E-state index in [0.29, 0.717) is 6.61 Å². The van der Waals surface area contributed by atoms with Crippen LogP contribution in [0.3, 0.4) is 0 Å². The van der Waals surface area contributed by atoms with Crippen LogP contribution in [0, 0.1) is 0 Å². The van der Waals surface area contributed by atoms with Gasteiger partial charge in [0.15, 0.2) is 0 Å². The van der Waals surface area contributed by atoms with E-state index >= 15 is 0 Å². The number of epoxide rings is 1. The lowest BCUT2D eigenvalue weighted by Crippen LogP contribution is -2.04. The van der Waals surface area contributed by atoms with E-state index in [2.05, 4.69) is 54.6 Å². The van der Waals surface area contributed by atoms with Crippen LogP contribution in [0.15, 0.2) is 54.6 Å². The molecule has 0 saturated carbocycles. The van der Waals surface area contributed by atoms with Crippen molar-refractivity contribution >= 4 is 21.5 Å². The van der Waals surface area contributed by atoms with Gasteiger partial charge in [-0.3, -0.25) is 0 Å². The SMILES string of the molecule is c1ccc2c(OCC3CO3)c3ccccc3cc2c1. The van der Waals surface area contributed by atoms with Crippen molar-refractivity contribution in [1.82, 2.24) is 0 Å². The number of hydrogen-bond acceptors (Lipinski definition) is 2. The van der Waals surface area contributed by atoms with Crippen molar-refractivity contribution in [3.63, 3.8) is 0 Å². The van der Waals surface area contributed by atoms with Crippen molar-refractivity contribution in [2.75, 3.05) is 13.2 Å². The Morgan fingerprint density at radius 2 is 1.53 bits per heavy atom. The molecule has 0 aromatic heterocycles. The number of fused-ring (bicyclic) bond motifs is 2. The topological polar surface area (TPSA) is 21.8 Å². The Morgan fingerprint density at radius 3 is 2.11 bits per heavy atom. The van der Waals surface area contributed by atoms with E-state index in [9.17, 15) is 0 Å². The van der Waals surface area contributed by atoms with Crippen LogP contribution in [0.4, 0.5) is 0 Å². The fourth-order valence-corrected chi connectivity index (χ4v) is 2.47. The predicted octanol–water partition coefficient (Wildman–Crippen LogP) is 3.77. The second-order valence-corrected chi connectivity index (χ2v) is 4.91. The van der Waals surface area contributed by atoms with Gasteiger partial charge in [0.05, 0.1) is 6.61 Å². The molecule has 94 valence electrons. The smallest absolute Gasteiger partial charge is 0.135 e. The van der Waals surface area contributed by atoms with Gasteiger partial charge >= 0.3 is 0 Å². The molecule has 1 unspecified atom stereocenters. The summed E-state index contributed by atoms with van der Waals surface area (Å²) in [5.41, 5.74) is 0. The molecule has 0 amide bonds. The molecule has 19 heavy (non-hydrogen) atoms. The molecule has 1 saturated heterocycles. The zero-order valence-corrected chi connectivity index (χ0v) is 10.5. The minimum Gasteiger partial charge on any atom is -0.489 e. The van der Waals surface area contributed by atoms with E-state index < -0.39 is 0 Å². The third kappa shape index (κ3) is 1.94. The molecule has 1 aliphatic rings. The monoisotopic (exact) mass is 250 g/mol. The molecule has 0 aliphatic carbocycles. The highest BCUT2D eigenvalue weighted by molar-refractivity contribution is 6.05. The standard InChI is InChI=1S/C17H14O2/c1-3-7-15-12(5-1)9-13-6-2-4-8-16(13)17(15)19-11-14-10-18-14/h1-9,14H,10-11H2. The van der Waals surface area contributed by atoms with Crippen LogP contribution in [0.25, 0.3) is 21.5 Å². The molecule has 0 N–H and O–H groups in total. The molecule has 0 radical (unpaired) electrons. The highest BCUT2D eigenvalue weighted by Crippen LogP contribution is 2.35. The molecule has 4 rings (SSSR count). The third-order valence-electron chi connectivity index (χ3n) is 3.54. The van der Waals surface area contributed by atoms with Crippen LogP contribution in [0.2, 0.25) is 0 Å². The van der Waals surface area contributed by atoms with Crippen molar-refractivity contribution in [3.8, 4) is 5.75 Å². The van der Waals surface area contributed by atoms with Crippen LogP contribution in [-0.4, -0.2) is 19.3 Å². The molecule has 0 spiro atoms. The maximum Gasteiger partial charge on any atom is 0.135 e. The van der Waals surface area contributed by atoms with Gasteiger partial charge in [-0.2, -0.15) is 0 Å².